The van der Waals surface area contributed by atoms with Gasteiger partial charge in [0.25, 0.3) is 0 Å². The average Bonchev–Trinajstić information content (AvgIpc) is 1.68. The van der Waals surface area contributed by atoms with Crippen molar-refractivity contribution in [2.45, 2.75) is 13.3 Å². The zero-order valence-electron chi connectivity index (χ0n) is 4.36. The van der Waals surface area contributed by atoms with Crippen LogP contribution in [0.3, 0.4) is 0 Å². The number of carbonyl (C=O) groups is 1. The molecule has 0 bridgehead atoms. The Bertz CT molecular complexity index is 54.0. The van der Waals surface area contributed by atoms with Crippen molar-refractivity contribution < 1.29 is 4.79 Å². The summed E-state index contributed by atoms with van der Waals surface area (Å²) in [6.45, 7) is 1.86. The first-order valence-corrected chi connectivity index (χ1v) is 2.86. The summed E-state index contributed by atoms with van der Waals surface area (Å²) in [5, 5.41) is 0. The van der Waals surface area contributed by atoms with Crippen molar-refractivity contribution in [3.05, 3.63) is 0 Å². The summed E-state index contributed by atoms with van der Waals surface area (Å²) in [6, 6.07) is 0. The summed E-state index contributed by atoms with van der Waals surface area (Å²) in [5.41, 5.74) is 0. The molecule has 1 unspecified atom stereocenters. The second-order valence-electron chi connectivity index (χ2n) is 1.59. The molecule has 0 spiro atoms. The minimum Gasteiger partial charge on any atom is -0.303 e. The van der Waals surface area contributed by atoms with E-state index in [9.17, 15) is 4.79 Å². The average molecular weight is 121 g/mol. The second kappa shape index (κ2) is 4.13. The number of halogens is 1. The highest BCUT2D eigenvalue weighted by atomic mass is 35.5. The van der Waals surface area contributed by atoms with E-state index in [4.69, 9.17) is 11.6 Å². The number of alkyl halides is 1. The zero-order chi connectivity index (χ0) is 5.70. The highest BCUT2D eigenvalue weighted by molar-refractivity contribution is 6.17. The van der Waals surface area contributed by atoms with Crippen LogP contribution in [0.5, 0.6) is 0 Å². The molecule has 2 heteroatoms. The maximum absolute atomic E-state index is 9.84. The minimum atomic E-state index is 0.137. The van der Waals surface area contributed by atoms with E-state index in [1.165, 1.54) is 0 Å². The van der Waals surface area contributed by atoms with Crippen LogP contribution in [0.25, 0.3) is 0 Å². The maximum atomic E-state index is 9.84. The van der Waals surface area contributed by atoms with Gasteiger partial charge in [-0.1, -0.05) is 6.92 Å². The number of rotatable bonds is 3. The van der Waals surface area contributed by atoms with Gasteiger partial charge in [-0.25, -0.2) is 0 Å². The third-order valence-corrected chi connectivity index (χ3v) is 1.01. The molecule has 0 aromatic heterocycles. The van der Waals surface area contributed by atoms with Gasteiger partial charge in [-0.2, -0.15) is 0 Å². The molecule has 0 N–H and O–H groups in total. The van der Waals surface area contributed by atoms with Crippen molar-refractivity contribution in [3.63, 3.8) is 0 Å². The Morgan fingerprint density at radius 3 is 2.57 bits per heavy atom. The first-order chi connectivity index (χ1) is 3.31. The quantitative estimate of drug-likeness (QED) is 0.407. The van der Waals surface area contributed by atoms with E-state index >= 15 is 0 Å². The zero-order valence-corrected chi connectivity index (χ0v) is 5.11. The normalized spacial score (nSPS) is 13.4. The molecule has 0 amide bonds. The molecular weight excluding hydrogens is 112 g/mol. The predicted octanol–water partition coefficient (Wildman–Crippen LogP) is 1.45. The summed E-state index contributed by atoms with van der Waals surface area (Å²) in [7, 11) is 0. The molecule has 0 radical (unpaired) electrons. The van der Waals surface area contributed by atoms with Gasteiger partial charge >= 0.3 is 0 Å². The predicted molar refractivity (Wildman–Crippen MR) is 30.6 cm³/mol. The molecule has 42 valence electrons. The summed E-state index contributed by atoms with van der Waals surface area (Å²) in [4.78, 5) is 9.84. The van der Waals surface area contributed by atoms with Crippen LogP contribution in [0.15, 0.2) is 0 Å². The molecule has 0 aliphatic rings. The van der Waals surface area contributed by atoms with Crippen molar-refractivity contribution in [2.24, 2.45) is 5.92 Å². The van der Waals surface area contributed by atoms with Crippen molar-refractivity contribution in [1.82, 2.24) is 0 Å². The molecule has 1 nitrogen and oxygen atoms in total. The van der Waals surface area contributed by atoms with Gasteiger partial charge in [0.05, 0.1) is 0 Å². The highest BCUT2D eigenvalue weighted by Gasteiger charge is 1.94. The lowest BCUT2D eigenvalue weighted by atomic mass is 10.2. The van der Waals surface area contributed by atoms with Crippen molar-refractivity contribution in [3.8, 4) is 0 Å². The molecule has 0 aliphatic carbocycles. The van der Waals surface area contributed by atoms with E-state index in [1.807, 2.05) is 6.92 Å². The van der Waals surface area contributed by atoms with Gasteiger partial charge in [0.1, 0.15) is 6.29 Å². The molecule has 0 aliphatic heterocycles. The third-order valence-electron chi connectivity index (χ3n) is 0.797. The number of hydrogen-bond acceptors (Lipinski definition) is 1. The van der Waals surface area contributed by atoms with Gasteiger partial charge in [-0.05, 0) is 6.42 Å². The van der Waals surface area contributed by atoms with Crippen LogP contribution in [0, 0.1) is 5.92 Å². The molecule has 0 aromatic carbocycles. The lowest BCUT2D eigenvalue weighted by Gasteiger charge is -1.93. The summed E-state index contributed by atoms with van der Waals surface area (Å²) < 4.78 is 0. The van der Waals surface area contributed by atoms with Crippen LogP contribution >= 0.6 is 11.6 Å². The molecule has 7 heavy (non-hydrogen) atoms. The molecule has 1 atom stereocenters. The van der Waals surface area contributed by atoms with Crippen molar-refractivity contribution in [1.29, 1.82) is 0 Å². The molecule has 0 saturated carbocycles. The van der Waals surface area contributed by atoms with Gasteiger partial charge in [0.2, 0.25) is 0 Å². The van der Waals surface area contributed by atoms with E-state index in [2.05, 4.69) is 0 Å². The van der Waals surface area contributed by atoms with E-state index < -0.39 is 0 Å². The number of aldehydes is 1. The first-order valence-electron chi connectivity index (χ1n) is 2.32. The smallest absolute Gasteiger partial charge is 0.122 e. The van der Waals surface area contributed by atoms with Crippen LogP contribution in [0.4, 0.5) is 0 Å². The van der Waals surface area contributed by atoms with E-state index in [0.29, 0.717) is 5.88 Å². The lowest BCUT2D eigenvalue weighted by Crippen LogP contribution is -1.94. The largest absolute Gasteiger partial charge is 0.303 e. The number of hydrogen-bond donors (Lipinski definition) is 0. The standard InChI is InChI=1S/C5H9ClO/c1-5(4-7)2-3-6/h4-5H,2-3H2,1H3. The highest BCUT2D eigenvalue weighted by Crippen LogP contribution is 1.97. The van der Waals surface area contributed by atoms with E-state index in [0.717, 1.165) is 12.7 Å². The third kappa shape index (κ3) is 3.80. The SMILES string of the molecule is CC(C=O)CCCl. The Morgan fingerprint density at radius 1 is 1.86 bits per heavy atom. The number of carbonyl (C=O) groups excluding carboxylic acids is 1. The van der Waals surface area contributed by atoms with Crippen molar-refractivity contribution >= 4 is 17.9 Å². The molecule has 0 rings (SSSR count). The van der Waals surface area contributed by atoms with Crippen LogP contribution in [-0.2, 0) is 4.79 Å². The van der Waals surface area contributed by atoms with Crippen LogP contribution in [0.2, 0.25) is 0 Å². The Balaban J connectivity index is 2.98. The van der Waals surface area contributed by atoms with Gasteiger partial charge in [-0.3, -0.25) is 0 Å². The van der Waals surface area contributed by atoms with Crippen LogP contribution in [-0.4, -0.2) is 12.2 Å². The van der Waals surface area contributed by atoms with Gasteiger partial charge in [0, 0.05) is 11.8 Å². The molecular formula is C5H9ClO. The lowest BCUT2D eigenvalue weighted by molar-refractivity contribution is -0.110. The monoisotopic (exact) mass is 120 g/mol. The Labute approximate surface area is 48.7 Å². The molecule has 0 aromatic rings. The minimum absolute atomic E-state index is 0.137. The molecule has 0 saturated heterocycles. The topological polar surface area (TPSA) is 17.1 Å². The Hall–Kier alpha value is -0.0400. The summed E-state index contributed by atoms with van der Waals surface area (Å²) in [5.74, 6) is 0.720. The Morgan fingerprint density at radius 2 is 2.43 bits per heavy atom. The second-order valence-corrected chi connectivity index (χ2v) is 1.97. The summed E-state index contributed by atoms with van der Waals surface area (Å²) >= 11 is 5.32. The molecule has 0 heterocycles. The fourth-order valence-corrected chi connectivity index (χ4v) is 0.584. The van der Waals surface area contributed by atoms with E-state index in [-0.39, 0.29) is 5.92 Å². The molecule has 0 fully saturated rings. The Kier molecular flexibility index (Phi) is 4.10. The first kappa shape index (κ1) is 6.96. The van der Waals surface area contributed by atoms with Gasteiger partial charge < -0.3 is 4.79 Å². The maximum Gasteiger partial charge on any atom is 0.122 e. The van der Waals surface area contributed by atoms with Crippen molar-refractivity contribution in [2.75, 3.05) is 5.88 Å². The summed E-state index contributed by atoms with van der Waals surface area (Å²) in [6.07, 6.45) is 1.72. The van der Waals surface area contributed by atoms with Crippen LogP contribution in [0.1, 0.15) is 13.3 Å². The van der Waals surface area contributed by atoms with E-state index in [1.54, 1.807) is 0 Å². The van der Waals surface area contributed by atoms with Crippen LogP contribution < -0.4 is 0 Å². The van der Waals surface area contributed by atoms with Gasteiger partial charge in [0.15, 0.2) is 0 Å². The fourth-order valence-electron chi connectivity index (χ4n) is 0.240. The van der Waals surface area contributed by atoms with Gasteiger partial charge in [-0.15, -0.1) is 11.6 Å². The fraction of sp³-hybridized carbons (Fsp3) is 0.800.